The van der Waals surface area contributed by atoms with Crippen molar-refractivity contribution in [2.45, 2.75) is 19.4 Å². The predicted molar refractivity (Wildman–Crippen MR) is 125 cm³/mol. The number of halogens is 1. The average Bonchev–Trinajstić information content (AvgIpc) is 3.19. The number of likely N-dealkylation sites (N-methyl/N-ethyl adjacent to an activating group) is 1. The zero-order valence-corrected chi connectivity index (χ0v) is 18.2. The number of hydrogen-bond acceptors (Lipinski definition) is 4. The van der Waals surface area contributed by atoms with Gasteiger partial charge in [-0.25, -0.2) is 4.79 Å². The highest BCUT2D eigenvalue weighted by atomic mass is 35.5. The Kier molecular flexibility index (Phi) is 7.52. The van der Waals surface area contributed by atoms with E-state index in [0.717, 1.165) is 24.5 Å². The van der Waals surface area contributed by atoms with Gasteiger partial charge in [-0.1, -0.05) is 11.6 Å². The van der Waals surface area contributed by atoms with Crippen molar-refractivity contribution in [3.63, 3.8) is 0 Å². The molecule has 2 aromatic rings. The lowest BCUT2D eigenvalue weighted by atomic mass is 10.1. The second-order valence-electron chi connectivity index (χ2n) is 6.98. The number of benzene rings is 2. The summed E-state index contributed by atoms with van der Waals surface area (Å²) in [5.74, 6) is 6.19. The van der Waals surface area contributed by atoms with Gasteiger partial charge in [-0.3, -0.25) is 9.79 Å². The summed E-state index contributed by atoms with van der Waals surface area (Å²) in [6.45, 7) is 3.37. The van der Waals surface area contributed by atoms with E-state index in [2.05, 4.69) is 37.7 Å². The normalized spacial score (nSPS) is 13.5. The first kappa shape index (κ1) is 22.2. The fraction of sp³-hybridized carbons (Fsp3) is 0.261. The summed E-state index contributed by atoms with van der Waals surface area (Å²) in [5.41, 5.74) is 2.19. The highest BCUT2D eigenvalue weighted by Gasteiger charge is 2.21. The Hall–Kier alpha value is -3.50. The van der Waals surface area contributed by atoms with Crippen LogP contribution in [0.2, 0.25) is 5.02 Å². The number of aliphatic imine (C=N–C) groups is 1. The molecule has 0 saturated carbocycles. The molecule has 0 aromatic heterocycles. The number of hydrogen-bond donors (Lipinski definition) is 3. The van der Waals surface area contributed by atoms with Gasteiger partial charge in [-0.15, -0.1) is 11.8 Å². The van der Waals surface area contributed by atoms with Crippen LogP contribution in [0.25, 0.3) is 0 Å². The van der Waals surface area contributed by atoms with Crippen LogP contribution in [0, 0.1) is 11.8 Å². The van der Waals surface area contributed by atoms with Crippen molar-refractivity contribution in [1.29, 1.82) is 0 Å². The Morgan fingerprint density at radius 3 is 2.35 bits per heavy atom. The molecule has 1 aliphatic rings. The fourth-order valence-electron chi connectivity index (χ4n) is 3.05. The molecule has 160 valence electrons. The number of urea groups is 1. The van der Waals surface area contributed by atoms with Crippen LogP contribution in [-0.2, 0) is 4.79 Å². The minimum Gasteiger partial charge on any atom is -0.358 e. The molecule has 1 atom stereocenters. The molecule has 0 spiro atoms. The van der Waals surface area contributed by atoms with Crippen molar-refractivity contribution >= 4 is 40.7 Å². The summed E-state index contributed by atoms with van der Waals surface area (Å²) in [5, 5.41) is 8.76. The molecule has 0 aliphatic carbocycles. The Morgan fingerprint density at radius 1 is 1.10 bits per heavy atom. The SMILES string of the molecule is CC#CCC(NC(=O)Nc1ccc(Cl)cc1)C(=O)Nc1ccc(C2=NCCN2C)cc1. The van der Waals surface area contributed by atoms with Crippen LogP contribution in [0.3, 0.4) is 0 Å². The maximum atomic E-state index is 12.8. The Morgan fingerprint density at radius 2 is 1.74 bits per heavy atom. The van der Waals surface area contributed by atoms with Crippen LogP contribution in [0.15, 0.2) is 53.5 Å². The summed E-state index contributed by atoms with van der Waals surface area (Å²) in [6, 6.07) is 12.8. The molecule has 1 aliphatic heterocycles. The van der Waals surface area contributed by atoms with Crippen molar-refractivity contribution in [3.8, 4) is 11.8 Å². The molecule has 3 rings (SSSR count). The van der Waals surface area contributed by atoms with Crippen molar-refractivity contribution in [1.82, 2.24) is 10.2 Å². The van der Waals surface area contributed by atoms with Gasteiger partial charge in [-0.05, 0) is 55.5 Å². The highest BCUT2D eigenvalue weighted by molar-refractivity contribution is 6.30. The molecule has 3 N–H and O–H groups in total. The number of carbonyl (C=O) groups excluding carboxylic acids is 2. The van der Waals surface area contributed by atoms with E-state index in [9.17, 15) is 9.59 Å². The summed E-state index contributed by atoms with van der Waals surface area (Å²) in [7, 11) is 2.00. The highest BCUT2D eigenvalue weighted by Crippen LogP contribution is 2.15. The lowest BCUT2D eigenvalue weighted by molar-refractivity contribution is -0.117. The minimum atomic E-state index is -0.815. The van der Waals surface area contributed by atoms with E-state index < -0.39 is 12.1 Å². The molecule has 0 fully saturated rings. The monoisotopic (exact) mass is 437 g/mol. The molecule has 1 unspecified atom stereocenters. The third kappa shape index (κ3) is 6.24. The first-order chi connectivity index (χ1) is 15.0. The molecule has 1 heterocycles. The average molecular weight is 438 g/mol. The van der Waals surface area contributed by atoms with Crippen LogP contribution in [0.5, 0.6) is 0 Å². The van der Waals surface area contributed by atoms with Crippen LogP contribution >= 0.6 is 11.6 Å². The second-order valence-corrected chi connectivity index (χ2v) is 7.42. The summed E-state index contributed by atoms with van der Waals surface area (Å²) in [4.78, 5) is 31.7. The third-order valence-corrected chi connectivity index (χ3v) is 4.93. The molecule has 0 bridgehead atoms. The van der Waals surface area contributed by atoms with Gasteiger partial charge in [0.2, 0.25) is 5.91 Å². The standard InChI is InChI=1S/C23H24ClN5O2/c1-3-4-5-20(28-23(31)27-19-12-8-17(24)9-13-19)22(30)26-18-10-6-16(7-11-18)21-25-14-15-29(21)2/h6-13,20H,5,14-15H2,1-2H3,(H,26,30)(H2,27,28,31). The fourth-order valence-corrected chi connectivity index (χ4v) is 3.17. The molecule has 31 heavy (non-hydrogen) atoms. The number of anilines is 2. The van der Waals surface area contributed by atoms with Gasteiger partial charge in [0.1, 0.15) is 11.9 Å². The van der Waals surface area contributed by atoms with E-state index in [0.29, 0.717) is 16.4 Å². The maximum Gasteiger partial charge on any atom is 0.319 e. The molecular weight excluding hydrogens is 414 g/mol. The lowest BCUT2D eigenvalue weighted by Crippen LogP contribution is -2.45. The number of carbonyl (C=O) groups is 2. The van der Waals surface area contributed by atoms with Crippen LogP contribution in [0.4, 0.5) is 16.2 Å². The van der Waals surface area contributed by atoms with E-state index in [4.69, 9.17) is 11.6 Å². The Labute approximate surface area is 186 Å². The first-order valence-corrected chi connectivity index (χ1v) is 10.2. The number of amides is 3. The van der Waals surface area contributed by atoms with Gasteiger partial charge < -0.3 is 20.9 Å². The van der Waals surface area contributed by atoms with E-state index in [1.807, 2.05) is 31.3 Å². The smallest absolute Gasteiger partial charge is 0.319 e. The Balaban J connectivity index is 1.62. The van der Waals surface area contributed by atoms with Gasteiger partial charge in [0.25, 0.3) is 0 Å². The van der Waals surface area contributed by atoms with E-state index in [-0.39, 0.29) is 12.3 Å². The molecular formula is C23H24ClN5O2. The molecule has 0 saturated heterocycles. The van der Waals surface area contributed by atoms with Gasteiger partial charge in [0, 0.05) is 42.0 Å². The zero-order valence-electron chi connectivity index (χ0n) is 17.4. The van der Waals surface area contributed by atoms with E-state index in [1.54, 1.807) is 31.2 Å². The van der Waals surface area contributed by atoms with Gasteiger partial charge in [0.15, 0.2) is 0 Å². The molecule has 0 radical (unpaired) electrons. The molecule has 8 heteroatoms. The molecule has 7 nitrogen and oxygen atoms in total. The van der Waals surface area contributed by atoms with Crippen molar-refractivity contribution in [3.05, 3.63) is 59.1 Å². The number of nitrogens with one attached hydrogen (secondary N) is 3. The largest absolute Gasteiger partial charge is 0.358 e. The topological polar surface area (TPSA) is 85.8 Å². The van der Waals surface area contributed by atoms with E-state index in [1.165, 1.54) is 0 Å². The van der Waals surface area contributed by atoms with E-state index >= 15 is 0 Å². The lowest BCUT2D eigenvalue weighted by Gasteiger charge is -2.18. The Bertz CT molecular complexity index is 1020. The summed E-state index contributed by atoms with van der Waals surface area (Å²) in [6.07, 6.45) is 0.191. The molecule has 2 aromatic carbocycles. The predicted octanol–water partition coefficient (Wildman–Crippen LogP) is 3.57. The zero-order chi connectivity index (χ0) is 22.2. The van der Waals surface area contributed by atoms with Crippen molar-refractivity contribution in [2.24, 2.45) is 4.99 Å². The van der Waals surface area contributed by atoms with Crippen LogP contribution in [0.1, 0.15) is 18.9 Å². The van der Waals surface area contributed by atoms with Gasteiger partial charge in [-0.2, -0.15) is 0 Å². The first-order valence-electron chi connectivity index (χ1n) is 9.86. The third-order valence-electron chi connectivity index (χ3n) is 4.68. The summed E-state index contributed by atoms with van der Waals surface area (Å²) >= 11 is 5.86. The van der Waals surface area contributed by atoms with Crippen LogP contribution in [-0.4, -0.2) is 48.9 Å². The van der Waals surface area contributed by atoms with Gasteiger partial charge >= 0.3 is 6.03 Å². The second kappa shape index (κ2) is 10.5. The van der Waals surface area contributed by atoms with Crippen molar-refractivity contribution < 1.29 is 9.59 Å². The van der Waals surface area contributed by atoms with Crippen molar-refractivity contribution in [2.75, 3.05) is 30.8 Å². The number of nitrogens with zero attached hydrogens (tertiary/aromatic N) is 2. The molecule has 3 amide bonds. The number of amidine groups is 1. The summed E-state index contributed by atoms with van der Waals surface area (Å²) < 4.78 is 0. The number of rotatable bonds is 6. The quantitative estimate of drug-likeness (QED) is 0.604. The maximum absolute atomic E-state index is 12.8. The van der Waals surface area contributed by atoms with Gasteiger partial charge in [0.05, 0.1) is 6.54 Å². The van der Waals surface area contributed by atoms with Crippen LogP contribution < -0.4 is 16.0 Å². The minimum absolute atomic E-state index is 0.191.